The Bertz CT molecular complexity index is 1200. The van der Waals surface area contributed by atoms with Crippen molar-refractivity contribution in [2.75, 3.05) is 32.1 Å². The number of halogens is 3. The molecule has 0 saturated carbocycles. The van der Waals surface area contributed by atoms with E-state index < -0.39 is 45.6 Å². The highest BCUT2D eigenvalue weighted by atomic mass is 32.2. The van der Waals surface area contributed by atoms with Crippen molar-refractivity contribution in [2.45, 2.75) is 31.7 Å². The smallest absolute Gasteiger partial charge is 0.330 e. The molecule has 0 aliphatic carbocycles. The standard InChI is InChI=1S/C23H27F3N4O5S/c1-29(18-6-7-21(35-2)19(26)14-18)22(31)20(12-15-10-16(24)13-17(25)11-15)27-23(32)28-36(33,34)30-8-4-3-5-9-30/h6-7,10-11,13-14,20H,3-5,8-9,12H2,1-2H3,(H2,27,28,32)/t20-/m0/s1. The molecule has 2 aromatic carbocycles. The van der Waals surface area contributed by atoms with Crippen LogP contribution in [0, 0.1) is 17.5 Å². The lowest BCUT2D eigenvalue weighted by atomic mass is 10.0. The molecule has 13 heteroatoms. The van der Waals surface area contributed by atoms with Crippen molar-refractivity contribution in [1.82, 2.24) is 14.3 Å². The second-order valence-electron chi connectivity index (χ2n) is 8.29. The van der Waals surface area contributed by atoms with E-state index in [1.807, 2.05) is 4.72 Å². The molecule has 1 atom stereocenters. The molecule has 3 amide bonds. The topological polar surface area (TPSA) is 108 Å². The molecule has 1 fully saturated rings. The molecule has 0 spiro atoms. The van der Waals surface area contributed by atoms with E-state index in [1.54, 1.807) is 0 Å². The number of methoxy groups -OCH3 is 1. The van der Waals surface area contributed by atoms with Gasteiger partial charge in [-0.2, -0.15) is 12.7 Å². The summed E-state index contributed by atoms with van der Waals surface area (Å²) in [6, 6.07) is 3.73. The van der Waals surface area contributed by atoms with E-state index in [-0.39, 0.29) is 36.5 Å². The molecule has 1 aliphatic heterocycles. The van der Waals surface area contributed by atoms with Crippen LogP contribution >= 0.6 is 0 Å². The molecule has 2 aromatic rings. The van der Waals surface area contributed by atoms with Crippen molar-refractivity contribution in [3.63, 3.8) is 0 Å². The summed E-state index contributed by atoms with van der Waals surface area (Å²) in [5.74, 6) is -3.35. The van der Waals surface area contributed by atoms with Crippen LogP contribution in [0.1, 0.15) is 24.8 Å². The number of amides is 3. The van der Waals surface area contributed by atoms with Gasteiger partial charge in [-0.25, -0.2) is 22.7 Å². The Morgan fingerprint density at radius 2 is 1.69 bits per heavy atom. The van der Waals surface area contributed by atoms with E-state index in [9.17, 15) is 31.2 Å². The SMILES string of the molecule is COc1ccc(N(C)C(=O)[C@H](Cc2cc(F)cc(F)c2)NC(=O)NS(=O)(=O)N2CCCCC2)cc1F. The number of urea groups is 1. The maximum atomic E-state index is 14.2. The van der Waals surface area contributed by atoms with Gasteiger partial charge in [-0.05, 0) is 42.7 Å². The Labute approximate surface area is 207 Å². The average Bonchev–Trinajstić information content (AvgIpc) is 2.82. The third-order valence-corrected chi connectivity index (χ3v) is 7.18. The fourth-order valence-electron chi connectivity index (χ4n) is 3.86. The van der Waals surface area contributed by atoms with Crippen molar-refractivity contribution in [3.8, 4) is 5.75 Å². The Hall–Kier alpha value is -3.32. The number of piperidine rings is 1. The lowest BCUT2D eigenvalue weighted by Crippen LogP contribution is -2.55. The molecule has 1 aliphatic rings. The first-order chi connectivity index (χ1) is 17.0. The van der Waals surface area contributed by atoms with Gasteiger partial charge >= 0.3 is 16.2 Å². The summed E-state index contributed by atoms with van der Waals surface area (Å²) in [7, 11) is -1.57. The highest BCUT2D eigenvalue weighted by molar-refractivity contribution is 7.87. The van der Waals surface area contributed by atoms with Gasteiger partial charge in [0.1, 0.15) is 17.7 Å². The third-order valence-electron chi connectivity index (χ3n) is 5.70. The van der Waals surface area contributed by atoms with E-state index in [4.69, 9.17) is 4.74 Å². The lowest BCUT2D eigenvalue weighted by molar-refractivity contribution is -0.120. The van der Waals surface area contributed by atoms with Gasteiger partial charge in [0.2, 0.25) is 5.91 Å². The first kappa shape index (κ1) is 27.3. The molecule has 0 bridgehead atoms. The molecular weight excluding hydrogens is 501 g/mol. The third kappa shape index (κ3) is 6.88. The zero-order chi connectivity index (χ0) is 26.5. The van der Waals surface area contributed by atoms with Crippen molar-refractivity contribution in [1.29, 1.82) is 0 Å². The summed E-state index contributed by atoms with van der Waals surface area (Å²) >= 11 is 0. The van der Waals surface area contributed by atoms with Crippen LogP contribution in [0.3, 0.4) is 0 Å². The van der Waals surface area contributed by atoms with Crippen LogP contribution in [0.4, 0.5) is 23.7 Å². The molecule has 3 rings (SSSR count). The van der Waals surface area contributed by atoms with E-state index >= 15 is 0 Å². The number of carbonyl (C=O) groups is 2. The Morgan fingerprint density at radius 1 is 1.06 bits per heavy atom. The predicted octanol–water partition coefficient (Wildman–Crippen LogP) is 2.72. The Balaban J connectivity index is 1.83. The number of ether oxygens (including phenoxy) is 1. The number of carbonyl (C=O) groups excluding carboxylic acids is 2. The quantitative estimate of drug-likeness (QED) is 0.548. The van der Waals surface area contributed by atoms with Gasteiger partial charge in [0, 0.05) is 44.4 Å². The summed E-state index contributed by atoms with van der Waals surface area (Å²) in [6.45, 7) is 0.499. The molecule has 0 aromatic heterocycles. The molecule has 1 heterocycles. The maximum absolute atomic E-state index is 14.2. The van der Waals surface area contributed by atoms with Crippen LogP contribution in [-0.4, -0.2) is 58.0 Å². The van der Waals surface area contributed by atoms with Crippen LogP contribution in [0.2, 0.25) is 0 Å². The number of rotatable bonds is 8. The molecule has 9 nitrogen and oxygen atoms in total. The first-order valence-corrected chi connectivity index (χ1v) is 12.6. The molecule has 0 unspecified atom stereocenters. The summed E-state index contributed by atoms with van der Waals surface area (Å²) in [4.78, 5) is 26.9. The minimum absolute atomic E-state index is 0.0411. The predicted molar refractivity (Wildman–Crippen MR) is 126 cm³/mol. The number of hydrogen-bond acceptors (Lipinski definition) is 5. The highest BCUT2D eigenvalue weighted by Crippen LogP contribution is 2.24. The van der Waals surface area contributed by atoms with Gasteiger partial charge in [-0.15, -0.1) is 0 Å². The molecule has 1 saturated heterocycles. The fraction of sp³-hybridized carbons (Fsp3) is 0.391. The molecule has 196 valence electrons. The van der Waals surface area contributed by atoms with Crippen LogP contribution < -0.4 is 19.7 Å². The van der Waals surface area contributed by atoms with Crippen LogP contribution in [-0.2, 0) is 21.4 Å². The van der Waals surface area contributed by atoms with E-state index in [0.29, 0.717) is 18.9 Å². The van der Waals surface area contributed by atoms with E-state index in [2.05, 4.69) is 5.32 Å². The minimum atomic E-state index is -4.16. The fourth-order valence-corrected chi connectivity index (χ4v) is 5.03. The number of anilines is 1. The molecule has 2 N–H and O–H groups in total. The Morgan fingerprint density at radius 3 is 2.28 bits per heavy atom. The number of hydrogen-bond donors (Lipinski definition) is 2. The van der Waals surface area contributed by atoms with Gasteiger partial charge < -0.3 is 15.0 Å². The monoisotopic (exact) mass is 528 g/mol. The van der Waals surface area contributed by atoms with Gasteiger partial charge in [0.05, 0.1) is 7.11 Å². The highest BCUT2D eigenvalue weighted by Gasteiger charge is 2.30. The second-order valence-corrected chi connectivity index (χ2v) is 9.96. The maximum Gasteiger partial charge on any atom is 0.330 e. The van der Waals surface area contributed by atoms with Crippen molar-refractivity contribution >= 4 is 27.8 Å². The van der Waals surface area contributed by atoms with Gasteiger partial charge in [0.15, 0.2) is 11.6 Å². The van der Waals surface area contributed by atoms with Crippen LogP contribution in [0.5, 0.6) is 5.75 Å². The van der Waals surface area contributed by atoms with E-state index in [0.717, 1.165) is 33.8 Å². The molecule has 36 heavy (non-hydrogen) atoms. The van der Waals surface area contributed by atoms with Crippen LogP contribution in [0.25, 0.3) is 0 Å². The second kappa shape index (κ2) is 11.6. The number of nitrogens with zero attached hydrogens (tertiary/aromatic N) is 2. The number of benzene rings is 2. The first-order valence-electron chi connectivity index (χ1n) is 11.1. The van der Waals surface area contributed by atoms with Crippen molar-refractivity contribution in [2.24, 2.45) is 0 Å². The zero-order valence-corrected chi connectivity index (χ0v) is 20.6. The summed E-state index contributed by atoms with van der Waals surface area (Å²) < 4.78 is 74.6. The van der Waals surface area contributed by atoms with Crippen LogP contribution in [0.15, 0.2) is 36.4 Å². The normalized spacial score (nSPS) is 15.1. The average molecular weight is 529 g/mol. The lowest BCUT2D eigenvalue weighted by Gasteiger charge is -2.27. The van der Waals surface area contributed by atoms with E-state index in [1.165, 1.54) is 26.3 Å². The molecular formula is C23H27F3N4O5S. The van der Waals surface area contributed by atoms with Gasteiger partial charge in [-0.3, -0.25) is 4.79 Å². The van der Waals surface area contributed by atoms with Crippen molar-refractivity contribution in [3.05, 3.63) is 59.4 Å². The minimum Gasteiger partial charge on any atom is -0.494 e. The van der Waals surface area contributed by atoms with Gasteiger partial charge in [0.25, 0.3) is 0 Å². The van der Waals surface area contributed by atoms with Gasteiger partial charge in [-0.1, -0.05) is 6.42 Å². The number of nitrogens with one attached hydrogen (secondary N) is 2. The number of likely N-dealkylation sites (N-methyl/N-ethyl adjacent to an activating group) is 1. The summed E-state index contributed by atoms with van der Waals surface area (Å²) in [6.07, 6.45) is 1.81. The van der Waals surface area contributed by atoms with Crippen molar-refractivity contribution < 1.29 is 35.9 Å². The summed E-state index contributed by atoms with van der Waals surface area (Å²) in [5, 5.41) is 2.28. The largest absolute Gasteiger partial charge is 0.494 e. The summed E-state index contributed by atoms with van der Waals surface area (Å²) in [5.41, 5.74) is 0.149. The zero-order valence-electron chi connectivity index (χ0n) is 19.8. The molecule has 0 radical (unpaired) electrons. The Kier molecular flexibility index (Phi) is 8.79.